The number of aliphatic hydroxyl groups is 1. The van der Waals surface area contributed by atoms with E-state index in [9.17, 15) is 19.1 Å². The van der Waals surface area contributed by atoms with Gasteiger partial charge in [0, 0.05) is 17.1 Å². The minimum atomic E-state index is -0.707. The number of nitrogens with zero attached hydrogens (tertiary/aromatic N) is 1. The highest BCUT2D eigenvalue weighted by atomic mass is 35.5. The van der Waals surface area contributed by atoms with E-state index in [4.69, 9.17) is 16.3 Å². The zero-order chi connectivity index (χ0) is 20.8. The average Bonchev–Trinajstić information content (AvgIpc) is 3.10. The predicted octanol–water partition coefficient (Wildman–Crippen LogP) is 2.59. The number of ether oxygens (including phenoxy) is 1. The second-order valence-electron chi connectivity index (χ2n) is 7.70. The third-order valence-corrected chi connectivity index (χ3v) is 6.65. The molecule has 3 aliphatic carbocycles. The molecule has 2 bridgehead atoms. The smallest absolute Gasteiger partial charge is 0.263 e. The van der Waals surface area contributed by atoms with Crippen LogP contribution >= 0.6 is 22.9 Å². The number of hydrogen-bond donors (Lipinski definition) is 3. The van der Waals surface area contributed by atoms with Crippen molar-refractivity contribution in [3.8, 4) is 5.75 Å². The average molecular weight is 440 g/mol. The highest BCUT2D eigenvalue weighted by molar-refractivity contribution is 7.13. The maximum atomic E-state index is 13.4. The van der Waals surface area contributed by atoms with E-state index in [0.29, 0.717) is 29.1 Å². The minimum Gasteiger partial charge on any atom is -0.484 e. The summed E-state index contributed by atoms with van der Waals surface area (Å²) in [4.78, 5) is 29.0. The van der Waals surface area contributed by atoms with E-state index in [2.05, 4.69) is 15.6 Å². The molecule has 1 aromatic carbocycles. The molecule has 1 aromatic heterocycles. The number of carbonyl (C=O) groups excluding carboxylic acids is 2. The first-order valence-electron chi connectivity index (χ1n) is 9.04. The van der Waals surface area contributed by atoms with E-state index < -0.39 is 11.9 Å². The molecular formula is C19H19ClFN3O4S. The molecule has 3 aliphatic rings. The molecule has 3 saturated carbocycles. The van der Waals surface area contributed by atoms with Gasteiger partial charge in [0.05, 0.1) is 11.2 Å². The fourth-order valence-corrected chi connectivity index (χ4v) is 4.86. The summed E-state index contributed by atoms with van der Waals surface area (Å²) in [6, 6.07) is 3.99. The molecule has 0 aliphatic heterocycles. The van der Waals surface area contributed by atoms with Crippen LogP contribution in [0.1, 0.15) is 47.0 Å². The van der Waals surface area contributed by atoms with Gasteiger partial charge in [-0.25, -0.2) is 9.37 Å². The fraction of sp³-hybridized carbons (Fsp3) is 0.421. The van der Waals surface area contributed by atoms with Gasteiger partial charge in [-0.3, -0.25) is 9.59 Å². The summed E-state index contributed by atoms with van der Waals surface area (Å²) in [5.41, 5.74) is -0.628. The topological polar surface area (TPSA) is 101 Å². The number of thiazole rings is 1. The molecule has 5 rings (SSSR count). The van der Waals surface area contributed by atoms with Crippen molar-refractivity contribution in [1.82, 2.24) is 15.6 Å². The zero-order valence-electron chi connectivity index (χ0n) is 15.5. The standard InChI is InChI=1S/C19H19ClFN3O4S/c1-10(25)17-22-5-14(29-17)16(27)24-19-7-18(8-19,9-19)23-15(26)6-28-11-2-3-12(20)13(21)4-11/h2-5,10,25H,6-9H2,1H3,(H,23,26)(H,24,27). The number of aromatic nitrogens is 1. The number of halogens is 2. The maximum Gasteiger partial charge on any atom is 0.263 e. The lowest BCUT2D eigenvalue weighted by Gasteiger charge is -2.70. The molecule has 2 aromatic rings. The molecule has 3 fully saturated rings. The van der Waals surface area contributed by atoms with Crippen molar-refractivity contribution in [2.75, 3.05) is 6.61 Å². The third-order valence-electron chi connectivity index (χ3n) is 5.18. The highest BCUT2D eigenvalue weighted by Crippen LogP contribution is 2.60. The molecule has 1 unspecified atom stereocenters. The van der Waals surface area contributed by atoms with Crippen LogP contribution in [0.2, 0.25) is 5.02 Å². The monoisotopic (exact) mass is 439 g/mol. The molecule has 7 nitrogen and oxygen atoms in total. The lowest BCUT2D eigenvalue weighted by molar-refractivity contribution is -0.141. The molecule has 2 amide bonds. The van der Waals surface area contributed by atoms with E-state index in [1.807, 2.05) is 0 Å². The van der Waals surface area contributed by atoms with E-state index in [1.54, 1.807) is 6.92 Å². The van der Waals surface area contributed by atoms with Crippen LogP contribution < -0.4 is 15.4 Å². The molecule has 0 saturated heterocycles. The van der Waals surface area contributed by atoms with Gasteiger partial charge >= 0.3 is 0 Å². The Morgan fingerprint density at radius 3 is 2.66 bits per heavy atom. The first-order valence-corrected chi connectivity index (χ1v) is 10.2. The molecule has 1 heterocycles. The van der Waals surface area contributed by atoms with Crippen LogP contribution in [0.5, 0.6) is 5.75 Å². The van der Waals surface area contributed by atoms with Crippen LogP contribution in [0.15, 0.2) is 24.4 Å². The Hall–Kier alpha value is -2.23. The molecule has 0 radical (unpaired) electrons. The summed E-state index contributed by atoms with van der Waals surface area (Å²) in [6.45, 7) is 1.37. The fourth-order valence-electron chi connectivity index (χ4n) is 3.99. The Labute approximate surface area is 175 Å². The second kappa shape index (κ2) is 7.23. The first kappa shape index (κ1) is 20.1. The lowest BCUT2D eigenvalue weighted by atomic mass is 9.44. The Balaban J connectivity index is 1.23. The van der Waals surface area contributed by atoms with Crippen molar-refractivity contribution in [3.05, 3.63) is 45.1 Å². The third kappa shape index (κ3) is 3.94. The Kier molecular flexibility index (Phi) is 5.00. The lowest BCUT2D eigenvalue weighted by Crippen LogP contribution is -2.84. The number of benzene rings is 1. The van der Waals surface area contributed by atoms with Gasteiger partial charge in [0.25, 0.3) is 11.8 Å². The molecule has 29 heavy (non-hydrogen) atoms. The molecule has 0 spiro atoms. The Bertz CT molecular complexity index is 960. The van der Waals surface area contributed by atoms with Gasteiger partial charge in [0.1, 0.15) is 27.6 Å². The van der Waals surface area contributed by atoms with Crippen LogP contribution in [0.4, 0.5) is 4.39 Å². The predicted molar refractivity (Wildman–Crippen MR) is 105 cm³/mol. The summed E-state index contributed by atoms with van der Waals surface area (Å²) in [5.74, 6) is -0.904. The summed E-state index contributed by atoms with van der Waals surface area (Å²) < 4.78 is 18.7. The van der Waals surface area contributed by atoms with Gasteiger partial charge in [-0.05, 0) is 38.3 Å². The Morgan fingerprint density at radius 1 is 1.34 bits per heavy atom. The number of hydrogen-bond acceptors (Lipinski definition) is 6. The second-order valence-corrected chi connectivity index (χ2v) is 9.17. The quantitative estimate of drug-likeness (QED) is 0.615. The maximum absolute atomic E-state index is 13.4. The molecule has 3 N–H and O–H groups in total. The van der Waals surface area contributed by atoms with Crippen LogP contribution in [-0.2, 0) is 4.79 Å². The number of amides is 2. The van der Waals surface area contributed by atoms with Crippen molar-refractivity contribution < 1.29 is 23.8 Å². The highest BCUT2D eigenvalue weighted by Gasteiger charge is 2.69. The molecule has 10 heteroatoms. The van der Waals surface area contributed by atoms with E-state index in [0.717, 1.165) is 17.4 Å². The Morgan fingerprint density at radius 2 is 2.03 bits per heavy atom. The van der Waals surface area contributed by atoms with Crippen LogP contribution in [0.25, 0.3) is 0 Å². The van der Waals surface area contributed by atoms with Crippen LogP contribution in [0, 0.1) is 5.82 Å². The van der Waals surface area contributed by atoms with Gasteiger partial charge in [-0.2, -0.15) is 0 Å². The number of aliphatic hydroxyl groups excluding tert-OH is 1. The molecule has 154 valence electrons. The summed E-state index contributed by atoms with van der Waals surface area (Å²) in [7, 11) is 0. The summed E-state index contributed by atoms with van der Waals surface area (Å²) in [5, 5.41) is 15.9. The van der Waals surface area contributed by atoms with E-state index in [-0.39, 0.29) is 40.3 Å². The van der Waals surface area contributed by atoms with Gasteiger partial charge in [0.2, 0.25) is 0 Å². The minimum absolute atomic E-state index is 0.0107. The summed E-state index contributed by atoms with van der Waals surface area (Å²) >= 11 is 6.77. The number of rotatable bonds is 7. The summed E-state index contributed by atoms with van der Waals surface area (Å²) in [6.07, 6.45) is 2.70. The van der Waals surface area contributed by atoms with Crippen molar-refractivity contribution in [2.24, 2.45) is 0 Å². The van der Waals surface area contributed by atoms with Crippen molar-refractivity contribution >= 4 is 34.8 Å². The van der Waals surface area contributed by atoms with E-state index in [1.165, 1.54) is 18.3 Å². The molecular weight excluding hydrogens is 421 g/mol. The number of carbonyl (C=O) groups is 2. The molecule has 1 atom stereocenters. The van der Waals surface area contributed by atoms with Gasteiger partial charge in [0.15, 0.2) is 6.61 Å². The largest absolute Gasteiger partial charge is 0.484 e. The number of nitrogens with one attached hydrogen (secondary N) is 2. The zero-order valence-corrected chi connectivity index (χ0v) is 17.1. The van der Waals surface area contributed by atoms with Gasteiger partial charge < -0.3 is 20.5 Å². The SMILES string of the molecule is CC(O)c1ncc(C(=O)NC23CC(NC(=O)COc4ccc(Cl)c(F)c4)(C2)C3)s1. The van der Waals surface area contributed by atoms with Crippen molar-refractivity contribution in [2.45, 2.75) is 43.4 Å². The van der Waals surface area contributed by atoms with Gasteiger partial charge in [-0.15, -0.1) is 11.3 Å². The van der Waals surface area contributed by atoms with Crippen molar-refractivity contribution in [3.63, 3.8) is 0 Å². The normalized spacial score (nSPS) is 25.4. The van der Waals surface area contributed by atoms with Gasteiger partial charge in [-0.1, -0.05) is 11.6 Å². The van der Waals surface area contributed by atoms with Crippen LogP contribution in [0.3, 0.4) is 0 Å². The van der Waals surface area contributed by atoms with Crippen molar-refractivity contribution in [1.29, 1.82) is 0 Å². The van der Waals surface area contributed by atoms with E-state index >= 15 is 0 Å². The van der Waals surface area contributed by atoms with Crippen LogP contribution in [-0.4, -0.2) is 39.6 Å². The first-order chi connectivity index (χ1) is 13.7.